The zero-order chi connectivity index (χ0) is 13.9. The molecule has 2 rings (SSSR count). The minimum absolute atomic E-state index is 0.00493. The number of alkyl halides is 2. The van der Waals surface area contributed by atoms with Gasteiger partial charge in [-0.15, -0.1) is 0 Å². The molecule has 5 heteroatoms. The van der Waals surface area contributed by atoms with Crippen LogP contribution < -0.4 is 11.3 Å². The Morgan fingerprint density at radius 2 is 1.95 bits per heavy atom. The van der Waals surface area contributed by atoms with Crippen LogP contribution in [0.3, 0.4) is 0 Å². The number of rotatable bonds is 5. The Morgan fingerprint density at radius 3 is 2.42 bits per heavy atom. The maximum atomic E-state index is 13.3. The number of nitrogens with one attached hydrogen (secondary N) is 1. The van der Waals surface area contributed by atoms with Crippen molar-refractivity contribution in [3.05, 3.63) is 0 Å². The van der Waals surface area contributed by atoms with Gasteiger partial charge in [0.05, 0.1) is 11.6 Å². The maximum absolute atomic E-state index is 13.3. The number of methoxy groups -OCH3 is 1. The fraction of sp³-hybridized carbons (Fsp3) is 1.00. The summed E-state index contributed by atoms with van der Waals surface area (Å²) in [5.74, 6) is 3.28. The molecule has 2 saturated carbocycles. The second kappa shape index (κ2) is 6.02. The Kier molecular flexibility index (Phi) is 4.79. The van der Waals surface area contributed by atoms with Gasteiger partial charge in [-0.25, -0.2) is 8.78 Å². The van der Waals surface area contributed by atoms with Crippen LogP contribution >= 0.6 is 0 Å². The van der Waals surface area contributed by atoms with Crippen LogP contribution in [0.1, 0.15) is 57.8 Å². The zero-order valence-electron chi connectivity index (χ0n) is 11.8. The molecule has 19 heavy (non-hydrogen) atoms. The second-order valence-electron chi connectivity index (χ2n) is 6.25. The van der Waals surface area contributed by atoms with E-state index in [2.05, 4.69) is 5.43 Å². The standard InChI is InChI=1S/C14H26F2N2O/c1-19-13(6-3-2-4-7-13)12(18-17)9-11-5-8-14(15,16)10-11/h11-12,18H,2-10,17H2,1H3. The SMILES string of the molecule is COC1(C(CC2CCC(F)(F)C2)NN)CCCCC1. The first-order valence-corrected chi connectivity index (χ1v) is 7.40. The van der Waals surface area contributed by atoms with E-state index in [1.807, 2.05) is 0 Å². The van der Waals surface area contributed by atoms with Crippen molar-refractivity contribution in [2.75, 3.05) is 7.11 Å². The molecule has 0 aromatic carbocycles. The Labute approximate surface area is 114 Å². The van der Waals surface area contributed by atoms with Gasteiger partial charge in [-0.3, -0.25) is 11.3 Å². The molecule has 2 atom stereocenters. The van der Waals surface area contributed by atoms with E-state index in [4.69, 9.17) is 10.6 Å². The first-order valence-electron chi connectivity index (χ1n) is 7.40. The molecule has 0 aromatic heterocycles. The van der Waals surface area contributed by atoms with Gasteiger partial charge < -0.3 is 4.74 Å². The first kappa shape index (κ1) is 15.1. The molecule has 0 aromatic rings. The highest BCUT2D eigenvalue weighted by atomic mass is 19.3. The smallest absolute Gasteiger partial charge is 0.248 e. The van der Waals surface area contributed by atoms with Crippen molar-refractivity contribution in [2.45, 2.75) is 75.4 Å². The normalized spacial score (nSPS) is 31.3. The molecule has 112 valence electrons. The highest BCUT2D eigenvalue weighted by molar-refractivity contribution is 4.97. The van der Waals surface area contributed by atoms with Crippen LogP contribution in [0, 0.1) is 5.92 Å². The lowest BCUT2D eigenvalue weighted by Gasteiger charge is -2.43. The van der Waals surface area contributed by atoms with Gasteiger partial charge >= 0.3 is 0 Å². The van der Waals surface area contributed by atoms with Crippen LogP contribution in [0.2, 0.25) is 0 Å². The largest absolute Gasteiger partial charge is 0.377 e. The van der Waals surface area contributed by atoms with Crippen molar-refractivity contribution in [3.8, 4) is 0 Å². The molecule has 0 radical (unpaired) electrons. The molecule has 2 unspecified atom stereocenters. The van der Waals surface area contributed by atoms with Gasteiger partial charge in [0.25, 0.3) is 0 Å². The van der Waals surface area contributed by atoms with Crippen molar-refractivity contribution in [1.29, 1.82) is 0 Å². The van der Waals surface area contributed by atoms with Crippen molar-refractivity contribution < 1.29 is 13.5 Å². The monoisotopic (exact) mass is 276 g/mol. The number of halogens is 2. The molecule has 2 fully saturated rings. The lowest BCUT2D eigenvalue weighted by molar-refractivity contribution is -0.0738. The van der Waals surface area contributed by atoms with Gasteiger partial charge in [-0.2, -0.15) is 0 Å². The lowest BCUT2D eigenvalue weighted by Crippen LogP contribution is -2.56. The van der Waals surface area contributed by atoms with Crippen LogP contribution in [-0.4, -0.2) is 24.7 Å². The fourth-order valence-corrected chi connectivity index (χ4v) is 3.86. The van der Waals surface area contributed by atoms with E-state index < -0.39 is 5.92 Å². The number of nitrogens with two attached hydrogens (primary N) is 1. The average molecular weight is 276 g/mol. The molecule has 3 N–H and O–H groups in total. The van der Waals surface area contributed by atoms with Crippen LogP contribution in [0.4, 0.5) is 8.78 Å². The Hall–Kier alpha value is -0.260. The maximum Gasteiger partial charge on any atom is 0.248 e. The summed E-state index contributed by atoms with van der Waals surface area (Å²) in [5.41, 5.74) is 2.59. The minimum Gasteiger partial charge on any atom is -0.377 e. The van der Waals surface area contributed by atoms with E-state index in [1.165, 1.54) is 6.42 Å². The van der Waals surface area contributed by atoms with Crippen LogP contribution in [0.5, 0.6) is 0 Å². The molecule has 2 aliphatic carbocycles. The molecule has 0 heterocycles. The molecule has 3 nitrogen and oxygen atoms in total. The van der Waals surface area contributed by atoms with E-state index in [9.17, 15) is 8.78 Å². The summed E-state index contributed by atoms with van der Waals surface area (Å²) in [6.07, 6.45) is 6.76. The van der Waals surface area contributed by atoms with Gasteiger partial charge in [0.2, 0.25) is 5.92 Å². The van der Waals surface area contributed by atoms with E-state index in [0.29, 0.717) is 12.8 Å². The summed E-state index contributed by atoms with van der Waals surface area (Å²) in [6.45, 7) is 0. The predicted octanol–water partition coefficient (Wildman–Crippen LogP) is 2.99. The third-order valence-corrected chi connectivity index (χ3v) is 5.02. The molecule has 0 saturated heterocycles. The van der Waals surface area contributed by atoms with Crippen molar-refractivity contribution in [3.63, 3.8) is 0 Å². The highest BCUT2D eigenvalue weighted by Crippen LogP contribution is 2.43. The van der Waals surface area contributed by atoms with Gasteiger partial charge in [-0.1, -0.05) is 19.3 Å². The summed E-state index contributed by atoms with van der Waals surface area (Å²) in [4.78, 5) is 0. The van der Waals surface area contributed by atoms with Gasteiger partial charge in [-0.05, 0) is 31.6 Å². The second-order valence-corrected chi connectivity index (χ2v) is 6.25. The summed E-state index contributed by atoms with van der Waals surface area (Å²) in [6, 6.07) is -0.0169. The molecule has 0 aliphatic heterocycles. The molecule has 0 amide bonds. The fourth-order valence-electron chi connectivity index (χ4n) is 3.86. The number of hydrogen-bond donors (Lipinski definition) is 2. The molecular formula is C14H26F2N2O. The molecular weight excluding hydrogens is 250 g/mol. The highest BCUT2D eigenvalue weighted by Gasteiger charge is 2.45. The van der Waals surface area contributed by atoms with E-state index in [0.717, 1.165) is 25.7 Å². The predicted molar refractivity (Wildman–Crippen MR) is 70.8 cm³/mol. The summed E-state index contributed by atoms with van der Waals surface area (Å²) in [7, 11) is 1.72. The third-order valence-electron chi connectivity index (χ3n) is 5.02. The van der Waals surface area contributed by atoms with Crippen LogP contribution in [-0.2, 0) is 4.74 Å². The summed E-state index contributed by atoms with van der Waals surface area (Å²) < 4.78 is 32.3. The molecule has 0 bridgehead atoms. The van der Waals surface area contributed by atoms with Crippen LogP contribution in [0.15, 0.2) is 0 Å². The average Bonchev–Trinajstić information content (AvgIpc) is 2.76. The lowest BCUT2D eigenvalue weighted by atomic mass is 9.76. The van der Waals surface area contributed by atoms with Crippen LogP contribution in [0.25, 0.3) is 0 Å². The van der Waals surface area contributed by atoms with Crippen molar-refractivity contribution >= 4 is 0 Å². The van der Waals surface area contributed by atoms with Gasteiger partial charge in [0.1, 0.15) is 0 Å². The Bertz CT molecular complexity index is 293. The zero-order valence-corrected chi connectivity index (χ0v) is 11.8. The Balaban J connectivity index is 1.98. The summed E-state index contributed by atoms with van der Waals surface area (Å²) >= 11 is 0. The number of ether oxygens (including phenoxy) is 1. The van der Waals surface area contributed by atoms with Crippen molar-refractivity contribution in [2.24, 2.45) is 11.8 Å². The molecule has 0 spiro atoms. The third kappa shape index (κ3) is 3.44. The number of hydrogen-bond acceptors (Lipinski definition) is 3. The molecule has 2 aliphatic rings. The Morgan fingerprint density at radius 1 is 1.26 bits per heavy atom. The van der Waals surface area contributed by atoms with Crippen molar-refractivity contribution in [1.82, 2.24) is 5.43 Å². The summed E-state index contributed by atoms with van der Waals surface area (Å²) in [5, 5.41) is 0. The van der Waals surface area contributed by atoms with E-state index in [-0.39, 0.29) is 30.4 Å². The van der Waals surface area contributed by atoms with Gasteiger partial charge in [0, 0.05) is 20.0 Å². The first-order chi connectivity index (χ1) is 9.01. The topological polar surface area (TPSA) is 47.3 Å². The quantitative estimate of drug-likeness (QED) is 0.599. The van der Waals surface area contributed by atoms with E-state index in [1.54, 1.807) is 7.11 Å². The number of hydrazine groups is 1. The van der Waals surface area contributed by atoms with Gasteiger partial charge in [0.15, 0.2) is 0 Å². The minimum atomic E-state index is -2.48. The van der Waals surface area contributed by atoms with E-state index >= 15 is 0 Å².